The molecule has 2 aromatic carbocycles. The summed E-state index contributed by atoms with van der Waals surface area (Å²) in [6, 6.07) is 22.6. The van der Waals surface area contributed by atoms with Crippen LogP contribution in [-0.4, -0.2) is 40.0 Å². The molecule has 3 aromatic rings. The first-order valence-corrected chi connectivity index (χ1v) is 10.1. The number of carbonyl (C=O) groups is 1. The van der Waals surface area contributed by atoms with Gasteiger partial charge in [0.2, 0.25) is 5.91 Å². The maximum absolute atomic E-state index is 13.2. The van der Waals surface area contributed by atoms with E-state index in [9.17, 15) is 4.79 Å². The summed E-state index contributed by atoms with van der Waals surface area (Å²) in [4.78, 5) is 23.4. The summed E-state index contributed by atoms with van der Waals surface area (Å²) in [6.07, 6.45) is 5.54. The van der Waals surface area contributed by atoms with Crippen LogP contribution < -0.4 is 4.74 Å². The monoisotopic (exact) mass is 387 g/mol. The van der Waals surface area contributed by atoms with Crippen LogP contribution in [0, 0.1) is 0 Å². The number of ether oxygens (including phenoxy) is 1. The molecule has 1 unspecified atom stereocenters. The zero-order valence-electron chi connectivity index (χ0n) is 16.4. The second-order valence-electron chi connectivity index (χ2n) is 7.33. The molecule has 2 heterocycles. The summed E-state index contributed by atoms with van der Waals surface area (Å²) >= 11 is 0. The second-order valence-corrected chi connectivity index (χ2v) is 7.33. The Labute approximate surface area is 171 Å². The Morgan fingerprint density at radius 1 is 0.966 bits per heavy atom. The first-order valence-electron chi connectivity index (χ1n) is 10.1. The average molecular weight is 387 g/mol. The summed E-state index contributed by atoms with van der Waals surface area (Å²) in [5.74, 6) is 0.202. The molecule has 29 heavy (non-hydrogen) atoms. The minimum atomic E-state index is -0.0676. The highest BCUT2D eigenvalue weighted by molar-refractivity contribution is 5.78. The van der Waals surface area contributed by atoms with E-state index in [2.05, 4.69) is 34.2 Å². The van der Waals surface area contributed by atoms with Gasteiger partial charge in [0, 0.05) is 31.3 Å². The summed E-state index contributed by atoms with van der Waals surface area (Å²) in [5, 5.41) is 0. The quantitative estimate of drug-likeness (QED) is 0.640. The summed E-state index contributed by atoms with van der Waals surface area (Å²) in [7, 11) is 0. The lowest BCUT2D eigenvalue weighted by molar-refractivity contribution is -0.134. The van der Waals surface area contributed by atoms with Gasteiger partial charge in [0.25, 0.3) is 0 Å². The lowest BCUT2D eigenvalue weighted by Crippen LogP contribution is -2.44. The fourth-order valence-corrected chi connectivity index (χ4v) is 3.86. The van der Waals surface area contributed by atoms with E-state index in [0.29, 0.717) is 19.0 Å². The molecule has 0 bridgehead atoms. The van der Waals surface area contributed by atoms with Crippen LogP contribution in [0.2, 0.25) is 0 Å². The van der Waals surface area contributed by atoms with E-state index in [1.165, 1.54) is 0 Å². The predicted molar refractivity (Wildman–Crippen MR) is 112 cm³/mol. The number of hydrogen-bond acceptors (Lipinski definition) is 4. The molecule has 0 N–H and O–H groups in total. The van der Waals surface area contributed by atoms with E-state index >= 15 is 0 Å². The molecule has 1 saturated heterocycles. The highest BCUT2D eigenvalue weighted by Crippen LogP contribution is 2.29. The van der Waals surface area contributed by atoms with Crippen molar-refractivity contribution in [3.8, 4) is 6.01 Å². The second kappa shape index (κ2) is 9.32. The molecular weight excluding hydrogens is 362 g/mol. The van der Waals surface area contributed by atoms with Crippen molar-refractivity contribution in [2.45, 2.75) is 31.3 Å². The van der Waals surface area contributed by atoms with Crippen LogP contribution in [-0.2, 0) is 4.79 Å². The Balaban J connectivity index is 1.46. The largest absolute Gasteiger partial charge is 0.458 e. The van der Waals surface area contributed by atoms with Crippen LogP contribution in [0.15, 0.2) is 79.1 Å². The molecule has 1 aliphatic rings. The van der Waals surface area contributed by atoms with E-state index in [-0.39, 0.29) is 17.9 Å². The summed E-state index contributed by atoms with van der Waals surface area (Å²) in [6.45, 7) is 1.35. The van der Waals surface area contributed by atoms with Crippen LogP contribution in [0.3, 0.4) is 0 Å². The zero-order valence-corrected chi connectivity index (χ0v) is 16.4. The molecule has 0 aliphatic carbocycles. The smallest absolute Gasteiger partial charge is 0.316 e. The lowest BCUT2D eigenvalue weighted by atomic mass is 9.88. The van der Waals surface area contributed by atoms with E-state index in [1.54, 1.807) is 18.5 Å². The van der Waals surface area contributed by atoms with Crippen molar-refractivity contribution in [1.82, 2.24) is 14.9 Å². The lowest BCUT2D eigenvalue weighted by Gasteiger charge is -2.33. The third kappa shape index (κ3) is 4.99. The SMILES string of the molecule is O=C(CC(c1ccccc1)c1ccccc1)N1CCCC(Oc2ncccn2)C1. The van der Waals surface area contributed by atoms with Gasteiger partial charge < -0.3 is 9.64 Å². The Kier molecular flexibility index (Phi) is 6.15. The molecule has 1 aromatic heterocycles. The van der Waals surface area contributed by atoms with Gasteiger partial charge in [0.1, 0.15) is 6.10 Å². The zero-order chi connectivity index (χ0) is 19.9. The van der Waals surface area contributed by atoms with Gasteiger partial charge in [-0.1, -0.05) is 60.7 Å². The van der Waals surface area contributed by atoms with Gasteiger partial charge in [0.05, 0.1) is 6.54 Å². The molecule has 1 fully saturated rings. The van der Waals surface area contributed by atoms with Gasteiger partial charge in [-0.25, -0.2) is 9.97 Å². The van der Waals surface area contributed by atoms with E-state index < -0.39 is 0 Å². The first kappa shape index (κ1) is 19.1. The molecule has 1 amide bonds. The molecule has 5 heteroatoms. The molecule has 148 valence electrons. The number of benzene rings is 2. The third-order valence-corrected chi connectivity index (χ3v) is 5.33. The van der Waals surface area contributed by atoms with Crippen molar-refractivity contribution in [3.05, 3.63) is 90.3 Å². The minimum Gasteiger partial charge on any atom is -0.458 e. The number of aromatic nitrogens is 2. The van der Waals surface area contributed by atoms with Gasteiger partial charge >= 0.3 is 6.01 Å². The van der Waals surface area contributed by atoms with Gasteiger partial charge in [-0.2, -0.15) is 0 Å². The van der Waals surface area contributed by atoms with Crippen LogP contribution in [0.4, 0.5) is 0 Å². The van der Waals surface area contributed by atoms with Crippen molar-refractivity contribution in [2.75, 3.05) is 13.1 Å². The third-order valence-electron chi connectivity index (χ3n) is 5.33. The Morgan fingerprint density at radius 3 is 2.21 bits per heavy atom. The number of likely N-dealkylation sites (tertiary alicyclic amines) is 1. The van der Waals surface area contributed by atoms with Crippen LogP contribution in [0.25, 0.3) is 0 Å². The number of hydrogen-bond donors (Lipinski definition) is 0. The average Bonchev–Trinajstić information content (AvgIpc) is 2.79. The molecule has 0 radical (unpaired) electrons. The molecule has 4 rings (SSSR count). The fraction of sp³-hybridized carbons (Fsp3) is 0.292. The fourth-order valence-electron chi connectivity index (χ4n) is 3.86. The van der Waals surface area contributed by atoms with E-state index in [4.69, 9.17) is 4.74 Å². The van der Waals surface area contributed by atoms with E-state index in [0.717, 1.165) is 30.5 Å². The van der Waals surface area contributed by atoms with Gasteiger partial charge in [0.15, 0.2) is 0 Å². The number of rotatable bonds is 6. The van der Waals surface area contributed by atoms with Gasteiger partial charge in [-0.15, -0.1) is 0 Å². The highest BCUT2D eigenvalue weighted by Gasteiger charge is 2.28. The summed E-state index contributed by atoms with van der Waals surface area (Å²) in [5.41, 5.74) is 2.32. The maximum atomic E-state index is 13.2. The molecular formula is C24H25N3O2. The molecule has 5 nitrogen and oxygen atoms in total. The van der Waals surface area contributed by atoms with Crippen molar-refractivity contribution in [2.24, 2.45) is 0 Å². The Morgan fingerprint density at radius 2 is 1.59 bits per heavy atom. The highest BCUT2D eigenvalue weighted by atomic mass is 16.5. The minimum absolute atomic E-state index is 0.0450. The van der Waals surface area contributed by atoms with Crippen molar-refractivity contribution in [1.29, 1.82) is 0 Å². The predicted octanol–water partition coefficient (Wildman–Crippen LogP) is 4.07. The molecule has 1 aliphatic heterocycles. The standard InChI is InChI=1S/C24H25N3O2/c28-23(27-16-7-13-21(18-27)29-24-25-14-8-15-26-24)17-22(19-9-3-1-4-10-19)20-11-5-2-6-12-20/h1-6,8-12,14-15,21-22H,7,13,16-18H2. The molecule has 0 spiro atoms. The number of amides is 1. The van der Waals surface area contributed by atoms with E-state index in [1.807, 2.05) is 41.3 Å². The maximum Gasteiger partial charge on any atom is 0.316 e. The van der Waals surface area contributed by atoms with Crippen molar-refractivity contribution in [3.63, 3.8) is 0 Å². The Bertz CT molecular complexity index is 864. The van der Waals surface area contributed by atoms with Crippen LogP contribution in [0.1, 0.15) is 36.3 Å². The molecule has 1 atom stereocenters. The Hall–Kier alpha value is -3.21. The number of nitrogens with zero attached hydrogens (tertiary/aromatic N) is 3. The summed E-state index contributed by atoms with van der Waals surface area (Å²) < 4.78 is 5.89. The van der Waals surface area contributed by atoms with Gasteiger partial charge in [-0.3, -0.25) is 4.79 Å². The molecule has 0 saturated carbocycles. The van der Waals surface area contributed by atoms with Gasteiger partial charge in [-0.05, 0) is 30.0 Å². The van der Waals surface area contributed by atoms with Crippen LogP contribution in [0.5, 0.6) is 6.01 Å². The normalized spacial score (nSPS) is 16.6. The van der Waals surface area contributed by atoms with Crippen molar-refractivity contribution >= 4 is 5.91 Å². The topological polar surface area (TPSA) is 55.3 Å². The van der Waals surface area contributed by atoms with Crippen molar-refractivity contribution < 1.29 is 9.53 Å². The number of piperidine rings is 1. The number of carbonyl (C=O) groups excluding carboxylic acids is 1. The first-order chi connectivity index (χ1) is 14.3. The van der Waals surface area contributed by atoms with Crippen LogP contribution >= 0.6 is 0 Å².